The minimum Gasteiger partial charge on any atom is -0.393 e. The van der Waals surface area contributed by atoms with Gasteiger partial charge in [-0.05, 0) is 185 Å². The first-order valence-electron chi connectivity index (χ1n) is 29.2. The summed E-state index contributed by atoms with van der Waals surface area (Å²) >= 11 is 0. The Kier molecular flexibility index (Phi) is 31.4. The molecule has 0 aromatic rings. The van der Waals surface area contributed by atoms with Crippen LogP contribution in [0.5, 0.6) is 0 Å². The molecule has 2 saturated heterocycles. The lowest BCUT2D eigenvalue weighted by Crippen LogP contribution is -2.44. The van der Waals surface area contributed by atoms with E-state index in [1.165, 1.54) is 83.5 Å². The van der Waals surface area contributed by atoms with Gasteiger partial charge in [0.05, 0.1) is 37.1 Å². The predicted octanol–water partition coefficient (Wildman–Crippen LogP) is 14.3. The summed E-state index contributed by atoms with van der Waals surface area (Å²) in [6, 6.07) is 0. The summed E-state index contributed by atoms with van der Waals surface area (Å²) in [5.74, 6) is 9.86. The molecular weight excluding hydrogens is 833 g/mol. The molecule has 67 heavy (non-hydrogen) atoms. The first kappa shape index (κ1) is 62.8. The van der Waals surface area contributed by atoms with E-state index in [2.05, 4.69) is 96.9 Å². The van der Waals surface area contributed by atoms with E-state index in [-0.39, 0.29) is 30.5 Å². The van der Waals surface area contributed by atoms with Gasteiger partial charge >= 0.3 is 0 Å². The van der Waals surface area contributed by atoms with Crippen LogP contribution in [-0.2, 0) is 9.47 Å². The number of hydrogen-bond acceptors (Lipinski definition) is 7. The highest BCUT2D eigenvalue weighted by atomic mass is 16.5. The summed E-state index contributed by atoms with van der Waals surface area (Å²) < 4.78 is 10.4. The van der Waals surface area contributed by atoms with Gasteiger partial charge in [-0.3, -0.25) is 0 Å². The van der Waals surface area contributed by atoms with Crippen LogP contribution in [-0.4, -0.2) is 82.5 Å². The van der Waals surface area contributed by atoms with E-state index in [0.717, 1.165) is 81.0 Å². The molecule has 10 unspecified atom stereocenters. The van der Waals surface area contributed by atoms with Gasteiger partial charge in [-0.25, -0.2) is 0 Å². The number of ether oxygens (including phenoxy) is 2. The van der Waals surface area contributed by atoms with Gasteiger partial charge in [0.2, 0.25) is 0 Å². The lowest BCUT2D eigenvalue weighted by atomic mass is 9.50. The third kappa shape index (κ3) is 23.4. The van der Waals surface area contributed by atoms with Crippen LogP contribution >= 0.6 is 0 Å². The molecule has 10 atom stereocenters. The van der Waals surface area contributed by atoms with Crippen molar-refractivity contribution < 1.29 is 35.0 Å². The fraction of sp³-hybridized carbons (Fsp3) is 1.00. The molecule has 0 radical (unpaired) electrons. The monoisotopic (exact) mass is 951 g/mol. The van der Waals surface area contributed by atoms with Gasteiger partial charge in [0.25, 0.3) is 0 Å². The van der Waals surface area contributed by atoms with E-state index in [0.29, 0.717) is 65.8 Å². The maximum absolute atomic E-state index is 9.72. The third-order valence-electron chi connectivity index (χ3n) is 18.3. The largest absolute Gasteiger partial charge is 0.393 e. The Labute approximate surface area is 416 Å². The van der Waals surface area contributed by atoms with Gasteiger partial charge in [0.1, 0.15) is 0 Å². The summed E-state index contributed by atoms with van der Waals surface area (Å²) in [7, 11) is 0. The van der Waals surface area contributed by atoms with E-state index >= 15 is 0 Å². The van der Waals surface area contributed by atoms with Crippen molar-refractivity contribution in [3.8, 4) is 0 Å². The van der Waals surface area contributed by atoms with Gasteiger partial charge in [-0.15, -0.1) is 0 Å². The summed E-state index contributed by atoms with van der Waals surface area (Å²) in [6.07, 6.45) is 27.8. The van der Waals surface area contributed by atoms with E-state index < -0.39 is 0 Å². The van der Waals surface area contributed by atoms with Crippen LogP contribution < -0.4 is 0 Å². The van der Waals surface area contributed by atoms with E-state index in [9.17, 15) is 20.4 Å². The molecule has 0 bridgehead atoms. The lowest BCUT2D eigenvalue weighted by Gasteiger charge is -2.55. The number of aliphatic hydroxyl groups excluding tert-OH is 5. The van der Waals surface area contributed by atoms with Crippen molar-refractivity contribution in [1.82, 2.24) is 0 Å². The Morgan fingerprint density at radius 2 is 0.672 bits per heavy atom. The fourth-order valence-electron chi connectivity index (χ4n) is 12.6. The second kappa shape index (κ2) is 33.4. The van der Waals surface area contributed by atoms with Crippen LogP contribution in [0.2, 0.25) is 0 Å². The average molecular weight is 952 g/mol. The molecule has 7 nitrogen and oxygen atoms in total. The molecule has 6 aliphatic carbocycles. The van der Waals surface area contributed by atoms with Gasteiger partial charge < -0.3 is 35.0 Å². The molecule has 8 fully saturated rings. The molecule has 0 aromatic heterocycles. The number of aliphatic hydroxyl groups is 5. The molecule has 7 heteroatoms. The molecule has 400 valence electrons. The Morgan fingerprint density at radius 1 is 0.313 bits per heavy atom. The van der Waals surface area contributed by atoms with Gasteiger partial charge in [0, 0.05) is 19.8 Å². The smallest absolute Gasteiger partial charge is 0.0805 e. The Hall–Kier alpha value is -0.280. The van der Waals surface area contributed by atoms with Crippen molar-refractivity contribution in [2.45, 2.75) is 269 Å². The Morgan fingerprint density at radius 3 is 0.985 bits per heavy atom. The maximum atomic E-state index is 9.72. The van der Waals surface area contributed by atoms with E-state index in [1.807, 2.05) is 0 Å². The van der Waals surface area contributed by atoms with Crippen LogP contribution in [0.3, 0.4) is 0 Å². The quantitative estimate of drug-likeness (QED) is 0.161. The number of hydrogen-bond donors (Lipinski definition) is 5. The topological polar surface area (TPSA) is 120 Å². The molecule has 8 aliphatic rings. The first-order chi connectivity index (χ1) is 31.6. The molecule has 2 aliphatic heterocycles. The normalized spacial score (nSPS) is 32.9. The Balaban J connectivity index is 0.000000269. The molecule has 8 rings (SSSR count). The average Bonchev–Trinajstić information content (AvgIpc) is 3.55. The molecule has 1 spiro atoms. The fourth-order valence-corrected chi connectivity index (χ4v) is 12.6. The predicted molar refractivity (Wildman–Crippen MR) is 284 cm³/mol. The zero-order valence-electron chi connectivity index (χ0n) is 46.9. The van der Waals surface area contributed by atoms with Crippen molar-refractivity contribution in [3.05, 3.63) is 0 Å². The molecular formula is C60H118O7. The van der Waals surface area contributed by atoms with E-state index in [1.54, 1.807) is 25.7 Å². The second-order valence-electron chi connectivity index (χ2n) is 25.6. The highest BCUT2D eigenvalue weighted by molar-refractivity contribution is 4.99. The van der Waals surface area contributed by atoms with Crippen molar-refractivity contribution in [3.63, 3.8) is 0 Å². The van der Waals surface area contributed by atoms with Crippen LogP contribution in [0.15, 0.2) is 0 Å². The third-order valence-corrected chi connectivity index (χ3v) is 18.3. The molecule has 2 heterocycles. The first-order valence-corrected chi connectivity index (χ1v) is 29.2. The van der Waals surface area contributed by atoms with Crippen LogP contribution in [0.25, 0.3) is 0 Å². The van der Waals surface area contributed by atoms with Crippen LogP contribution in [0, 0.1) is 88.3 Å². The zero-order valence-corrected chi connectivity index (χ0v) is 46.9. The molecule has 6 saturated carbocycles. The number of rotatable bonds is 7. The van der Waals surface area contributed by atoms with Gasteiger partial charge in [-0.2, -0.15) is 0 Å². The zero-order chi connectivity index (χ0) is 50.3. The van der Waals surface area contributed by atoms with Gasteiger partial charge in [0.15, 0.2) is 0 Å². The lowest BCUT2D eigenvalue weighted by molar-refractivity contribution is -0.0572. The highest BCUT2D eigenvalue weighted by Crippen LogP contribution is 2.60. The minimum absolute atomic E-state index is 0.00463. The standard InChI is InChI=1S/C10H20O.C10H18.C9H18O.C8H16O2.2C8H16O.C7H14O/c1-8(2)9-6-4-3-5-7-10(9)11;1-8(2)9-6-10(7-9)4-3-5-10;1-7(2)8-5-3-4-6-9(8)10;1-6(2)7-3-4-10-5-8(7)9;1-7(2)8-3-5-9-6-4-8;1-6(2)7-4-3-5-8(7)9;1-5(2)6-3-4-7(6)8/h8-11H,3-7H2,1-2H3;8-9H,3-7H2,1-2H3;7-10H,3-6H2,1-2H3;6-9H,3-5H2,1-2H3;7-8H,3-6H2,1-2H3;6-9H,3-5H2,1-2H3;5-8H,3-4H2,1-2H3. The summed E-state index contributed by atoms with van der Waals surface area (Å²) in [4.78, 5) is 0. The van der Waals surface area contributed by atoms with Crippen molar-refractivity contribution in [1.29, 1.82) is 0 Å². The van der Waals surface area contributed by atoms with Crippen molar-refractivity contribution >= 4 is 0 Å². The molecule has 0 aromatic carbocycles. The van der Waals surface area contributed by atoms with Crippen molar-refractivity contribution in [2.24, 2.45) is 88.3 Å². The van der Waals surface area contributed by atoms with Crippen LogP contribution in [0.4, 0.5) is 0 Å². The van der Waals surface area contributed by atoms with E-state index in [4.69, 9.17) is 14.6 Å². The minimum atomic E-state index is -0.228. The van der Waals surface area contributed by atoms with Crippen molar-refractivity contribution in [2.75, 3.05) is 26.4 Å². The Bertz CT molecular complexity index is 1150. The SMILES string of the molecule is CC(C)C1CC2(CCC2)C1.CC(C)C1CCC1O.CC(C)C1CCCC1O.CC(C)C1CCCCC1O.CC(C)C1CCCCCC1O.CC(C)C1CCOCC1.CC(C)C1CCOCC1O. The highest BCUT2D eigenvalue weighted by Gasteiger charge is 2.48. The molecule has 5 N–H and O–H groups in total. The molecule has 0 amide bonds. The summed E-state index contributed by atoms with van der Waals surface area (Å²) in [6.45, 7) is 34.6. The van der Waals surface area contributed by atoms with Gasteiger partial charge in [-0.1, -0.05) is 142 Å². The van der Waals surface area contributed by atoms with Crippen LogP contribution in [0.1, 0.15) is 238 Å². The maximum Gasteiger partial charge on any atom is 0.0805 e. The summed E-state index contributed by atoms with van der Waals surface area (Å²) in [5, 5.41) is 47.1. The second-order valence-corrected chi connectivity index (χ2v) is 25.6. The summed E-state index contributed by atoms with van der Waals surface area (Å²) in [5.41, 5.74) is 0.898.